The fourth-order valence-electron chi connectivity index (χ4n) is 2.99. The molecular formula is C18H21N3O2S. The van der Waals surface area contributed by atoms with E-state index in [0.717, 1.165) is 40.2 Å². The minimum atomic E-state index is -0.463. The lowest BCUT2D eigenvalue weighted by atomic mass is 9.89. The van der Waals surface area contributed by atoms with Gasteiger partial charge in [-0.05, 0) is 18.6 Å². The molecule has 24 heavy (non-hydrogen) atoms. The molecule has 6 heteroatoms. The summed E-state index contributed by atoms with van der Waals surface area (Å²) in [5.41, 5.74) is 9.11. The highest BCUT2D eigenvalue weighted by atomic mass is 32.1. The van der Waals surface area contributed by atoms with Gasteiger partial charge in [0.15, 0.2) is 0 Å². The van der Waals surface area contributed by atoms with Gasteiger partial charge in [-0.15, -0.1) is 0 Å². The zero-order chi connectivity index (χ0) is 17.2. The van der Waals surface area contributed by atoms with Gasteiger partial charge in [-0.2, -0.15) is 0 Å². The highest BCUT2D eigenvalue weighted by Crippen LogP contribution is 2.36. The number of nitrogens with zero attached hydrogens (tertiary/aromatic N) is 2. The van der Waals surface area contributed by atoms with Crippen molar-refractivity contribution in [2.24, 2.45) is 0 Å². The Morgan fingerprint density at radius 3 is 2.46 bits per heavy atom. The zero-order valence-electron chi connectivity index (χ0n) is 13.9. The zero-order valence-corrected chi connectivity index (χ0v) is 14.7. The molecule has 0 spiro atoms. The van der Waals surface area contributed by atoms with Gasteiger partial charge in [-0.3, -0.25) is 0 Å². The molecule has 3 rings (SSSR count). The van der Waals surface area contributed by atoms with E-state index in [0.29, 0.717) is 13.2 Å². The van der Waals surface area contributed by atoms with Crippen LogP contribution in [0, 0.1) is 0 Å². The van der Waals surface area contributed by atoms with Gasteiger partial charge in [0.05, 0.1) is 11.4 Å². The van der Waals surface area contributed by atoms with Gasteiger partial charge in [0.1, 0.15) is 5.60 Å². The summed E-state index contributed by atoms with van der Waals surface area (Å²) in [7, 11) is 1.71. The third-order valence-electron chi connectivity index (χ3n) is 4.49. The summed E-state index contributed by atoms with van der Waals surface area (Å²) in [4.78, 5) is 9.69. The molecule has 1 saturated heterocycles. The number of ether oxygens (including phenoxy) is 2. The van der Waals surface area contributed by atoms with E-state index < -0.39 is 5.60 Å². The molecule has 0 atom stereocenters. The lowest BCUT2D eigenvalue weighted by Gasteiger charge is -2.35. The van der Waals surface area contributed by atoms with Crippen LogP contribution in [0.25, 0.3) is 11.3 Å². The summed E-state index contributed by atoms with van der Waals surface area (Å²) in [6, 6.07) is 9.96. The van der Waals surface area contributed by atoms with E-state index in [9.17, 15) is 0 Å². The first-order valence-electron chi connectivity index (χ1n) is 7.93. The van der Waals surface area contributed by atoms with Gasteiger partial charge in [0, 0.05) is 43.6 Å². The summed E-state index contributed by atoms with van der Waals surface area (Å²) < 4.78 is 11.3. The Morgan fingerprint density at radius 2 is 1.88 bits per heavy atom. The predicted molar refractivity (Wildman–Crippen MR) is 98.0 cm³/mol. The maximum Gasteiger partial charge on any atom is 0.220 e. The van der Waals surface area contributed by atoms with Crippen LogP contribution < -0.4 is 5.73 Å². The van der Waals surface area contributed by atoms with Crippen LogP contribution in [0.15, 0.2) is 30.3 Å². The number of hydrogen-bond acceptors (Lipinski definition) is 6. The van der Waals surface area contributed by atoms with E-state index in [1.54, 1.807) is 7.11 Å². The Labute approximate surface area is 147 Å². The van der Waals surface area contributed by atoms with Gasteiger partial charge in [-0.25, -0.2) is 9.97 Å². The number of nitrogen functional groups attached to an aromatic ring is 1. The van der Waals surface area contributed by atoms with Gasteiger partial charge >= 0.3 is 0 Å². The molecule has 0 radical (unpaired) electrons. The maximum absolute atomic E-state index is 5.97. The fourth-order valence-corrected chi connectivity index (χ4v) is 3.12. The van der Waals surface area contributed by atoms with E-state index in [4.69, 9.17) is 27.4 Å². The van der Waals surface area contributed by atoms with E-state index in [1.807, 2.05) is 37.3 Å². The largest absolute Gasteiger partial charge is 0.381 e. The summed E-state index contributed by atoms with van der Waals surface area (Å²) in [6.45, 7) is 3.21. The lowest BCUT2D eigenvalue weighted by Crippen LogP contribution is -2.36. The molecule has 0 aliphatic carbocycles. The normalized spacial score (nSPS) is 16.8. The first kappa shape index (κ1) is 17.0. The van der Waals surface area contributed by atoms with Crippen LogP contribution in [0.1, 0.15) is 31.0 Å². The fraction of sp³-hybridized carbons (Fsp3) is 0.389. The molecule has 2 aromatic rings. The second-order valence-electron chi connectivity index (χ2n) is 5.94. The molecule has 1 aromatic carbocycles. The molecule has 1 aliphatic heterocycles. The number of benzene rings is 1. The molecular weight excluding hydrogens is 322 g/mol. The number of nitrogens with two attached hydrogens (primary N) is 1. The third kappa shape index (κ3) is 3.31. The highest BCUT2D eigenvalue weighted by Gasteiger charge is 2.36. The molecule has 5 nitrogen and oxygen atoms in total. The van der Waals surface area contributed by atoms with Crippen LogP contribution in [0.2, 0.25) is 0 Å². The van der Waals surface area contributed by atoms with Gasteiger partial charge in [0.2, 0.25) is 5.95 Å². The minimum absolute atomic E-state index is 0.250. The number of thiocarbonyl (C=S) groups is 1. The molecule has 2 N–H and O–H groups in total. The Bertz CT molecular complexity index is 740. The van der Waals surface area contributed by atoms with Crippen molar-refractivity contribution in [2.75, 3.05) is 26.1 Å². The van der Waals surface area contributed by atoms with E-state index in [1.165, 1.54) is 0 Å². The summed E-state index contributed by atoms with van der Waals surface area (Å²) in [5, 5.41) is 0. The summed E-state index contributed by atoms with van der Waals surface area (Å²) in [5.74, 6) is 0.250. The van der Waals surface area contributed by atoms with Crippen LogP contribution in [-0.2, 0) is 15.1 Å². The van der Waals surface area contributed by atoms with Crippen molar-refractivity contribution in [3.8, 4) is 11.3 Å². The number of methoxy groups -OCH3 is 1. The Morgan fingerprint density at radius 1 is 1.21 bits per heavy atom. The average Bonchev–Trinajstić information content (AvgIpc) is 2.62. The van der Waals surface area contributed by atoms with Crippen LogP contribution >= 0.6 is 12.2 Å². The van der Waals surface area contributed by atoms with Gasteiger partial charge in [0.25, 0.3) is 0 Å². The van der Waals surface area contributed by atoms with Crippen molar-refractivity contribution in [3.05, 3.63) is 41.6 Å². The van der Waals surface area contributed by atoms with Crippen LogP contribution in [0.4, 0.5) is 5.95 Å². The average molecular weight is 343 g/mol. The van der Waals surface area contributed by atoms with Crippen LogP contribution in [0.5, 0.6) is 0 Å². The van der Waals surface area contributed by atoms with Crippen molar-refractivity contribution in [1.82, 2.24) is 9.97 Å². The van der Waals surface area contributed by atoms with E-state index >= 15 is 0 Å². The third-order valence-corrected chi connectivity index (χ3v) is 4.72. The second-order valence-corrected chi connectivity index (χ2v) is 6.55. The SMILES string of the molecule is COC1(c2cc(-c3ccc(C(C)=S)cc3)nc(N)n2)CCOCC1. The lowest BCUT2D eigenvalue weighted by molar-refractivity contribution is -0.0972. The summed E-state index contributed by atoms with van der Waals surface area (Å²) >= 11 is 5.21. The molecule has 0 bridgehead atoms. The van der Waals surface area contributed by atoms with Gasteiger partial charge < -0.3 is 15.2 Å². The quantitative estimate of drug-likeness (QED) is 0.679. The van der Waals surface area contributed by atoms with E-state index in [-0.39, 0.29) is 5.95 Å². The second kappa shape index (κ2) is 6.93. The van der Waals surface area contributed by atoms with Crippen LogP contribution in [-0.4, -0.2) is 35.2 Å². The molecule has 1 aromatic heterocycles. The molecule has 1 aliphatic rings. The van der Waals surface area contributed by atoms with E-state index in [2.05, 4.69) is 9.97 Å². The number of anilines is 1. The van der Waals surface area contributed by atoms with Crippen molar-refractivity contribution in [3.63, 3.8) is 0 Å². The van der Waals surface area contributed by atoms with Gasteiger partial charge in [-0.1, -0.05) is 36.5 Å². The Balaban J connectivity index is 2.01. The topological polar surface area (TPSA) is 70.3 Å². The molecule has 1 fully saturated rings. The van der Waals surface area contributed by atoms with Crippen LogP contribution in [0.3, 0.4) is 0 Å². The standard InChI is InChI=1S/C18H21N3O2S/c1-12(24)13-3-5-14(6-4-13)15-11-16(21-17(19)20-15)18(22-2)7-9-23-10-8-18/h3-6,11H,7-10H2,1-2H3,(H2,19,20,21). The van der Waals surface area contributed by atoms with Crippen molar-refractivity contribution < 1.29 is 9.47 Å². The molecule has 0 amide bonds. The smallest absolute Gasteiger partial charge is 0.220 e. The molecule has 0 unspecified atom stereocenters. The first-order chi connectivity index (χ1) is 11.5. The first-order valence-corrected chi connectivity index (χ1v) is 8.34. The molecule has 0 saturated carbocycles. The Hall–Kier alpha value is -1.89. The number of rotatable bonds is 4. The summed E-state index contributed by atoms with van der Waals surface area (Å²) in [6.07, 6.45) is 1.50. The number of aromatic nitrogens is 2. The Kier molecular flexibility index (Phi) is 4.89. The van der Waals surface area contributed by atoms with Crippen molar-refractivity contribution >= 4 is 23.0 Å². The maximum atomic E-state index is 5.97. The van der Waals surface area contributed by atoms with Crippen molar-refractivity contribution in [2.45, 2.75) is 25.4 Å². The molecule has 126 valence electrons. The predicted octanol–water partition coefficient (Wildman–Crippen LogP) is 3.12. The minimum Gasteiger partial charge on any atom is -0.381 e. The monoisotopic (exact) mass is 343 g/mol. The number of hydrogen-bond donors (Lipinski definition) is 1. The molecule has 2 heterocycles. The van der Waals surface area contributed by atoms with Crippen molar-refractivity contribution in [1.29, 1.82) is 0 Å². The highest BCUT2D eigenvalue weighted by molar-refractivity contribution is 7.80.